The summed E-state index contributed by atoms with van der Waals surface area (Å²) in [6.07, 6.45) is 0.614. The molecule has 1 fully saturated rings. The Balaban J connectivity index is 2.46. The molecule has 0 spiro atoms. The number of rotatable bonds is 3. The van der Waals surface area contributed by atoms with Crippen molar-refractivity contribution in [3.05, 3.63) is 0 Å². The Morgan fingerprint density at radius 3 is 2.33 bits per heavy atom. The van der Waals surface area contributed by atoms with Gasteiger partial charge in [-0.2, -0.15) is 5.26 Å². The van der Waals surface area contributed by atoms with Crippen LogP contribution in [0.5, 0.6) is 0 Å². The Bertz CT molecular complexity index is 251. The molecule has 0 N–H and O–H groups in total. The molecule has 1 amide bonds. The van der Waals surface area contributed by atoms with Crippen molar-refractivity contribution in [2.24, 2.45) is 5.92 Å². The molecule has 1 atom stereocenters. The van der Waals surface area contributed by atoms with Crippen LogP contribution in [-0.4, -0.2) is 48.4 Å². The topological polar surface area (TPSA) is 47.3 Å². The lowest BCUT2D eigenvalue weighted by atomic mass is 10.1. The third-order valence-electron chi connectivity index (χ3n) is 2.99. The molecule has 15 heavy (non-hydrogen) atoms. The third kappa shape index (κ3) is 2.93. The van der Waals surface area contributed by atoms with Crippen molar-refractivity contribution < 1.29 is 4.79 Å². The number of amides is 1. The van der Waals surface area contributed by atoms with E-state index in [2.05, 4.69) is 17.9 Å². The van der Waals surface area contributed by atoms with E-state index < -0.39 is 5.92 Å². The fraction of sp³-hybridized carbons (Fsp3) is 0.818. The summed E-state index contributed by atoms with van der Waals surface area (Å²) in [5.41, 5.74) is 0. The molecule has 1 heterocycles. The first kappa shape index (κ1) is 12.0. The summed E-state index contributed by atoms with van der Waals surface area (Å²) in [5, 5.41) is 8.82. The van der Waals surface area contributed by atoms with Gasteiger partial charge in [0.15, 0.2) is 0 Å². The van der Waals surface area contributed by atoms with Gasteiger partial charge in [0.2, 0.25) is 5.91 Å². The van der Waals surface area contributed by atoms with Crippen LogP contribution in [0, 0.1) is 17.2 Å². The molecule has 0 aliphatic carbocycles. The molecule has 0 bridgehead atoms. The fourth-order valence-electron chi connectivity index (χ4n) is 1.83. The molecule has 0 aromatic heterocycles. The molecule has 0 aromatic rings. The van der Waals surface area contributed by atoms with Gasteiger partial charge in [-0.25, -0.2) is 0 Å². The summed E-state index contributed by atoms with van der Waals surface area (Å²) in [6.45, 7) is 8.46. The van der Waals surface area contributed by atoms with Gasteiger partial charge in [0.05, 0.1) is 6.07 Å². The second-order valence-corrected chi connectivity index (χ2v) is 3.85. The van der Waals surface area contributed by atoms with E-state index in [0.29, 0.717) is 6.42 Å². The molecule has 0 aromatic carbocycles. The average Bonchev–Trinajstić information content (AvgIpc) is 2.30. The molecule has 4 nitrogen and oxygen atoms in total. The summed E-state index contributed by atoms with van der Waals surface area (Å²) in [7, 11) is 0. The van der Waals surface area contributed by atoms with Crippen molar-refractivity contribution in [2.75, 3.05) is 32.7 Å². The van der Waals surface area contributed by atoms with Gasteiger partial charge in [-0.05, 0) is 13.0 Å². The molecule has 84 valence electrons. The lowest BCUT2D eigenvalue weighted by Crippen LogP contribution is -2.50. The molecule has 1 aliphatic rings. The molecule has 1 aliphatic heterocycles. The minimum atomic E-state index is -0.446. The quantitative estimate of drug-likeness (QED) is 0.687. The van der Waals surface area contributed by atoms with Crippen LogP contribution >= 0.6 is 0 Å². The lowest BCUT2D eigenvalue weighted by Gasteiger charge is -2.34. The van der Waals surface area contributed by atoms with Crippen LogP contribution in [0.2, 0.25) is 0 Å². The monoisotopic (exact) mass is 209 g/mol. The highest BCUT2D eigenvalue weighted by molar-refractivity contribution is 5.81. The third-order valence-corrected chi connectivity index (χ3v) is 2.99. The maximum absolute atomic E-state index is 11.8. The van der Waals surface area contributed by atoms with Crippen molar-refractivity contribution in [3.8, 4) is 6.07 Å². The van der Waals surface area contributed by atoms with Gasteiger partial charge in [0, 0.05) is 26.2 Å². The van der Waals surface area contributed by atoms with Gasteiger partial charge >= 0.3 is 0 Å². The number of hydrogen-bond acceptors (Lipinski definition) is 3. The first-order valence-corrected chi connectivity index (χ1v) is 5.63. The van der Waals surface area contributed by atoms with E-state index in [0.717, 1.165) is 32.7 Å². The van der Waals surface area contributed by atoms with E-state index in [9.17, 15) is 4.79 Å². The lowest BCUT2D eigenvalue weighted by molar-refractivity contribution is -0.135. The zero-order valence-corrected chi connectivity index (χ0v) is 9.57. The van der Waals surface area contributed by atoms with Crippen LogP contribution in [0.15, 0.2) is 0 Å². The summed E-state index contributed by atoms with van der Waals surface area (Å²) >= 11 is 0. The van der Waals surface area contributed by atoms with E-state index in [1.807, 2.05) is 11.8 Å². The van der Waals surface area contributed by atoms with Crippen molar-refractivity contribution >= 4 is 5.91 Å². The molecule has 1 saturated heterocycles. The van der Waals surface area contributed by atoms with Gasteiger partial charge in [0.1, 0.15) is 5.92 Å². The van der Waals surface area contributed by atoms with Crippen LogP contribution < -0.4 is 0 Å². The van der Waals surface area contributed by atoms with Gasteiger partial charge < -0.3 is 9.80 Å². The van der Waals surface area contributed by atoms with E-state index in [1.165, 1.54) is 0 Å². The van der Waals surface area contributed by atoms with Crippen LogP contribution in [-0.2, 0) is 4.79 Å². The zero-order chi connectivity index (χ0) is 11.3. The van der Waals surface area contributed by atoms with Gasteiger partial charge in [0.25, 0.3) is 0 Å². The molecule has 1 unspecified atom stereocenters. The molecular weight excluding hydrogens is 190 g/mol. The van der Waals surface area contributed by atoms with Crippen molar-refractivity contribution in [2.45, 2.75) is 20.3 Å². The summed E-state index contributed by atoms with van der Waals surface area (Å²) < 4.78 is 0. The molecule has 0 radical (unpaired) electrons. The Kier molecular flexibility index (Phi) is 4.57. The summed E-state index contributed by atoms with van der Waals surface area (Å²) in [4.78, 5) is 16.0. The maximum atomic E-state index is 11.8. The number of nitriles is 1. The normalized spacial score (nSPS) is 19.7. The van der Waals surface area contributed by atoms with E-state index >= 15 is 0 Å². The summed E-state index contributed by atoms with van der Waals surface area (Å²) in [5.74, 6) is -0.436. The molecule has 0 saturated carbocycles. The Morgan fingerprint density at radius 2 is 1.93 bits per heavy atom. The number of nitrogens with zero attached hydrogens (tertiary/aromatic N) is 3. The van der Waals surface area contributed by atoms with E-state index in [4.69, 9.17) is 5.26 Å². The number of carbonyl (C=O) groups is 1. The number of carbonyl (C=O) groups excluding carboxylic acids is 1. The van der Waals surface area contributed by atoms with Crippen molar-refractivity contribution in [1.82, 2.24) is 9.80 Å². The van der Waals surface area contributed by atoms with Crippen molar-refractivity contribution in [3.63, 3.8) is 0 Å². The second-order valence-electron chi connectivity index (χ2n) is 3.85. The Hall–Kier alpha value is -1.08. The number of hydrogen-bond donors (Lipinski definition) is 0. The number of likely N-dealkylation sites (N-methyl/N-ethyl adjacent to an activating group) is 1. The smallest absolute Gasteiger partial charge is 0.240 e. The standard InChI is InChI=1S/C11H19N3O/c1-3-10(9-12)11(15)14-7-5-13(4-2)6-8-14/h10H,3-8H2,1-2H3. The van der Waals surface area contributed by atoms with E-state index in [-0.39, 0.29) is 5.91 Å². The number of piperazine rings is 1. The Labute approximate surface area is 91.5 Å². The first-order chi connectivity index (χ1) is 7.22. The zero-order valence-electron chi connectivity index (χ0n) is 9.57. The van der Waals surface area contributed by atoms with E-state index in [1.54, 1.807) is 0 Å². The largest absolute Gasteiger partial charge is 0.339 e. The SMILES string of the molecule is CCC(C#N)C(=O)N1CCN(CC)CC1. The first-order valence-electron chi connectivity index (χ1n) is 5.63. The van der Waals surface area contributed by atoms with Crippen LogP contribution in [0.3, 0.4) is 0 Å². The highest BCUT2D eigenvalue weighted by Crippen LogP contribution is 2.09. The molecule has 4 heteroatoms. The Morgan fingerprint density at radius 1 is 1.33 bits per heavy atom. The highest BCUT2D eigenvalue weighted by atomic mass is 16.2. The van der Waals surface area contributed by atoms with Crippen LogP contribution in [0.4, 0.5) is 0 Å². The van der Waals surface area contributed by atoms with Crippen LogP contribution in [0.1, 0.15) is 20.3 Å². The molecule has 1 rings (SSSR count). The fourth-order valence-corrected chi connectivity index (χ4v) is 1.83. The minimum absolute atomic E-state index is 0.00996. The van der Waals surface area contributed by atoms with Gasteiger partial charge in [-0.15, -0.1) is 0 Å². The second kappa shape index (κ2) is 5.72. The minimum Gasteiger partial charge on any atom is -0.339 e. The predicted octanol–water partition coefficient (Wildman–Crippen LogP) is 0.700. The average molecular weight is 209 g/mol. The van der Waals surface area contributed by atoms with Crippen LogP contribution in [0.25, 0.3) is 0 Å². The van der Waals surface area contributed by atoms with Crippen molar-refractivity contribution in [1.29, 1.82) is 5.26 Å². The van der Waals surface area contributed by atoms with Gasteiger partial charge in [-0.1, -0.05) is 13.8 Å². The highest BCUT2D eigenvalue weighted by Gasteiger charge is 2.25. The maximum Gasteiger partial charge on any atom is 0.240 e. The molecular formula is C11H19N3O. The van der Waals surface area contributed by atoms with Gasteiger partial charge in [-0.3, -0.25) is 4.79 Å². The predicted molar refractivity (Wildman–Crippen MR) is 58.1 cm³/mol. The summed E-state index contributed by atoms with van der Waals surface area (Å²) in [6, 6.07) is 2.07.